The van der Waals surface area contributed by atoms with Crippen LogP contribution in [0, 0.1) is 27.7 Å². The lowest BCUT2D eigenvalue weighted by Crippen LogP contribution is -2.15. The molecule has 0 amide bonds. The first-order valence-corrected chi connectivity index (χ1v) is 11.9. The van der Waals surface area contributed by atoms with Crippen LogP contribution in [0.2, 0.25) is 0 Å². The number of hydrogen-bond acceptors (Lipinski definition) is 7. The number of nitrogens with one attached hydrogen (secondary N) is 1. The average Bonchev–Trinajstić information content (AvgIpc) is 3.27. The minimum Gasteiger partial charge on any atom is -0.438 e. The number of hydrogen-bond donors (Lipinski definition) is 1. The fraction of sp³-hybridized carbons (Fsp3) is 0.273. The lowest BCUT2D eigenvalue weighted by Gasteiger charge is -2.10. The van der Waals surface area contributed by atoms with E-state index in [0.717, 1.165) is 11.4 Å². The number of sulfonamides is 1. The fourth-order valence-corrected chi connectivity index (χ4v) is 4.99. The Bertz CT molecular complexity index is 1390. The van der Waals surface area contributed by atoms with Gasteiger partial charge in [0.1, 0.15) is 17.0 Å². The van der Waals surface area contributed by atoms with E-state index in [1.54, 1.807) is 61.3 Å². The van der Waals surface area contributed by atoms with Gasteiger partial charge in [-0.25, -0.2) is 13.4 Å². The largest absolute Gasteiger partial charge is 0.438 e. The third-order valence-corrected chi connectivity index (χ3v) is 6.97. The molecule has 0 radical (unpaired) electrons. The van der Waals surface area contributed by atoms with Gasteiger partial charge in [-0.2, -0.15) is 5.10 Å². The summed E-state index contributed by atoms with van der Waals surface area (Å²) in [5, 5.41) is 12.6. The average molecular weight is 468 g/mol. The zero-order valence-corrected chi connectivity index (χ0v) is 19.9. The molecule has 3 heterocycles. The second kappa shape index (κ2) is 8.66. The molecule has 1 N–H and O–H groups in total. The molecule has 4 aromatic rings. The molecule has 0 bridgehead atoms. The molecule has 0 aliphatic carbocycles. The van der Waals surface area contributed by atoms with E-state index in [-0.39, 0.29) is 4.90 Å². The highest BCUT2D eigenvalue weighted by Gasteiger charge is 2.24. The minimum absolute atomic E-state index is 0.198. The van der Waals surface area contributed by atoms with Gasteiger partial charge >= 0.3 is 0 Å². The number of benzene rings is 1. The predicted octanol–water partition coefficient (Wildman–Crippen LogP) is 3.71. The maximum atomic E-state index is 12.9. The van der Waals surface area contributed by atoms with Gasteiger partial charge in [0.2, 0.25) is 5.88 Å². The van der Waals surface area contributed by atoms with Crippen molar-refractivity contribution in [3.05, 3.63) is 65.5 Å². The molecule has 11 heteroatoms. The van der Waals surface area contributed by atoms with Crippen molar-refractivity contribution in [3.63, 3.8) is 0 Å². The second-order valence-electron chi connectivity index (χ2n) is 7.56. The van der Waals surface area contributed by atoms with Crippen LogP contribution in [0.4, 0.5) is 5.69 Å². The molecule has 0 unspecified atom stereocenters. The van der Waals surface area contributed by atoms with E-state index in [0.29, 0.717) is 41.1 Å². The molecular weight excluding hydrogens is 442 g/mol. The fourth-order valence-electron chi connectivity index (χ4n) is 3.52. The van der Waals surface area contributed by atoms with Crippen molar-refractivity contribution >= 4 is 15.7 Å². The van der Waals surface area contributed by atoms with Crippen LogP contribution < -0.4 is 9.46 Å². The van der Waals surface area contributed by atoms with E-state index >= 15 is 0 Å². The van der Waals surface area contributed by atoms with E-state index in [4.69, 9.17) is 4.74 Å². The monoisotopic (exact) mass is 467 g/mol. The van der Waals surface area contributed by atoms with Gasteiger partial charge in [0.25, 0.3) is 10.0 Å². The van der Waals surface area contributed by atoms with Gasteiger partial charge in [-0.1, -0.05) is 0 Å². The zero-order chi connectivity index (χ0) is 23.8. The van der Waals surface area contributed by atoms with E-state index in [9.17, 15) is 8.42 Å². The first kappa shape index (κ1) is 22.5. The molecule has 0 saturated heterocycles. The van der Waals surface area contributed by atoms with Crippen molar-refractivity contribution in [2.45, 2.75) is 46.1 Å². The van der Waals surface area contributed by atoms with Gasteiger partial charge in [-0.3, -0.25) is 14.0 Å². The molecule has 0 spiro atoms. The van der Waals surface area contributed by atoms with Gasteiger partial charge in [-0.05, 0) is 65.0 Å². The van der Waals surface area contributed by atoms with Crippen molar-refractivity contribution in [2.75, 3.05) is 4.72 Å². The van der Waals surface area contributed by atoms with E-state index in [1.165, 1.54) is 0 Å². The van der Waals surface area contributed by atoms with Crippen LogP contribution in [0.25, 0.3) is 5.82 Å². The first-order valence-electron chi connectivity index (χ1n) is 10.4. The van der Waals surface area contributed by atoms with E-state index < -0.39 is 10.0 Å². The molecule has 0 aliphatic rings. The number of aromatic nitrogens is 6. The Morgan fingerprint density at radius 2 is 1.67 bits per heavy atom. The van der Waals surface area contributed by atoms with Crippen LogP contribution in [-0.4, -0.2) is 37.9 Å². The molecule has 10 nitrogen and oxygen atoms in total. The molecule has 1 aromatic carbocycles. The topological polar surface area (TPSA) is 117 Å². The minimum atomic E-state index is -3.77. The lowest BCUT2D eigenvalue weighted by molar-refractivity contribution is 0.454. The third-order valence-electron chi connectivity index (χ3n) is 5.34. The summed E-state index contributed by atoms with van der Waals surface area (Å²) in [4.78, 5) is 4.46. The Morgan fingerprint density at radius 3 is 2.21 bits per heavy atom. The molecule has 4 rings (SSSR count). The van der Waals surface area contributed by atoms with Crippen molar-refractivity contribution in [3.8, 4) is 17.4 Å². The highest BCUT2D eigenvalue weighted by molar-refractivity contribution is 7.92. The molecule has 0 fully saturated rings. The molecule has 0 aliphatic heterocycles. The molecule has 0 saturated carbocycles. The Kier molecular flexibility index (Phi) is 5.90. The summed E-state index contributed by atoms with van der Waals surface area (Å²) in [6, 6.07) is 10.1. The number of aryl methyl sites for hydroxylation is 3. The summed E-state index contributed by atoms with van der Waals surface area (Å²) < 4.78 is 37.7. The Morgan fingerprint density at radius 1 is 0.939 bits per heavy atom. The van der Waals surface area contributed by atoms with Gasteiger partial charge in [0, 0.05) is 24.0 Å². The second-order valence-corrected chi connectivity index (χ2v) is 9.18. The number of ether oxygens (including phenoxy) is 1. The Hall–Kier alpha value is -3.73. The van der Waals surface area contributed by atoms with Gasteiger partial charge in [-0.15, -0.1) is 10.2 Å². The van der Waals surface area contributed by atoms with Crippen molar-refractivity contribution < 1.29 is 13.2 Å². The molecular formula is C22H25N7O3S. The third kappa shape index (κ3) is 4.44. The van der Waals surface area contributed by atoms with Crippen LogP contribution in [0.5, 0.6) is 11.6 Å². The summed E-state index contributed by atoms with van der Waals surface area (Å²) in [7, 11) is -3.77. The van der Waals surface area contributed by atoms with Crippen molar-refractivity contribution in [2.24, 2.45) is 0 Å². The van der Waals surface area contributed by atoms with Gasteiger partial charge in [0.15, 0.2) is 5.82 Å². The summed E-state index contributed by atoms with van der Waals surface area (Å²) >= 11 is 0. The Labute approximate surface area is 192 Å². The quantitative estimate of drug-likeness (QED) is 0.440. The lowest BCUT2D eigenvalue weighted by atomic mass is 10.3. The summed E-state index contributed by atoms with van der Waals surface area (Å²) in [6.45, 7) is 9.84. The van der Waals surface area contributed by atoms with Crippen LogP contribution in [0.1, 0.15) is 29.7 Å². The molecule has 33 heavy (non-hydrogen) atoms. The maximum absolute atomic E-state index is 12.9. The van der Waals surface area contributed by atoms with Gasteiger partial charge < -0.3 is 4.74 Å². The maximum Gasteiger partial charge on any atom is 0.265 e. The standard InChI is InChI=1S/C22H25N7O3S/c1-6-29-17(5)22(15(3)26-29)33(30,31)27-18-7-9-19(10-8-18)32-21-12-11-20(24-25-21)28-13-23-14(2)16(28)4/h7-13,27H,6H2,1-5H3. The summed E-state index contributed by atoms with van der Waals surface area (Å²) in [5.41, 5.74) is 3.40. The zero-order valence-electron chi connectivity index (χ0n) is 19.1. The molecule has 3 aromatic heterocycles. The predicted molar refractivity (Wildman–Crippen MR) is 123 cm³/mol. The molecule has 0 atom stereocenters. The summed E-state index contributed by atoms with van der Waals surface area (Å²) in [6.07, 6.45) is 1.70. The Balaban J connectivity index is 1.46. The summed E-state index contributed by atoms with van der Waals surface area (Å²) in [5.74, 6) is 1.46. The van der Waals surface area contributed by atoms with Gasteiger partial charge in [0.05, 0.1) is 17.1 Å². The van der Waals surface area contributed by atoms with E-state index in [2.05, 4.69) is 25.0 Å². The number of imidazole rings is 1. The normalized spacial score (nSPS) is 11.5. The first-order chi connectivity index (χ1) is 15.7. The van der Waals surface area contributed by atoms with Crippen LogP contribution in [0.15, 0.2) is 47.6 Å². The van der Waals surface area contributed by atoms with Crippen molar-refractivity contribution in [1.29, 1.82) is 0 Å². The van der Waals surface area contributed by atoms with Crippen molar-refractivity contribution in [1.82, 2.24) is 29.5 Å². The highest BCUT2D eigenvalue weighted by Crippen LogP contribution is 2.25. The number of rotatable bonds is 7. The number of anilines is 1. The van der Waals surface area contributed by atoms with Crippen LogP contribution in [0.3, 0.4) is 0 Å². The molecule has 172 valence electrons. The SMILES string of the molecule is CCn1nc(C)c(S(=O)(=O)Nc2ccc(Oc3ccc(-n4cnc(C)c4C)nn3)cc2)c1C. The smallest absolute Gasteiger partial charge is 0.265 e. The number of nitrogens with zero attached hydrogens (tertiary/aromatic N) is 6. The highest BCUT2D eigenvalue weighted by atomic mass is 32.2. The van der Waals surface area contributed by atoms with E-state index in [1.807, 2.05) is 25.3 Å². The van der Waals surface area contributed by atoms with Crippen LogP contribution in [-0.2, 0) is 16.6 Å². The van der Waals surface area contributed by atoms with Crippen LogP contribution >= 0.6 is 0 Å².